The lowest BCUT2D eigenvalue weighted by atomic mass is 10.1. The van der Waals surface area contributed by atoms with Gasteiger partial charge in [0.05, 0.1) is 0 Å². The molecule has 0 unspecified atom stereocenters. The first-order valence-electron chi connectivity index (χ1n) is 3.62. The van der Waals surface area contributed by atoms with E-state index in [0.717, 1.165) is 0 Å². The van der Waals surface area contributed by atoms with Crippen LogP contribution < -0.4 is 0 Å². The molecule has 0 spiro atoms. The average Bonchev–Trinajstić information content (AvgIpc) is 1.98. The summed E-state index contributed by atoms with van der Waals surface area (Å²) in [5, 5.41) is 1.77. The molecule has 0 aliphatic heterocycles. The van der Waals surface area contributed by atoms with Crippen molar-refractivity contribution in [1.29, 1.82) is 0 Å². The molecule has 1 aromatic rings. The third kappa shape index (κ3) is 2.12. The summed E-state index contributed by atoms with van der Waals surface area (Å²) >= 11 is 4.03. The third-order valence-electron chi connectivity index (χ3n) is 1.69. The van der Waals surface area contributed by atoms with Crippen LogP contribution in [0.25, 0.3) is 6.08 Å². The maximum atomic E-state index is 4.03. The van der Waals surface area contributed by atoms with E-state index in [1.54, 1.807) is 5.41 Å². The zero-order chi connectivity index (χ0) is 8.27. The number of thiol groups is 1. The molecule has 0 saturated carbocycles. The van der Waals surface area contributed by atoms with Crippen LogP contribution in [0.5, 0.6) is 0 Å². The van der Waals surface area contributed by atoms with Crippen LogP contribution in [-0.2, 0) is 0 Å². The maximum Gasteiger partial charge on any atom is -0.0220 e. The summed E-state index contributed by atoms with van der Waals surface area (Å²) in [5.74, 6) is 0. The lowest BCUT2D eigenvalue weighted by Gasteiger charge is -2.00. The summed E-state index contributed by atoms with van der Waals surface area (Å²) in [6.45, 7) is 4.19. The van der Waals surface area contributed by atoms with Crippen molar-refractivity contribution in [3.8, 4) is 0 Å². The van der Waals surface area contributed by atoms with E-state index in [1.807, 2.05) is 6.08 Å². The summed E-state index contributed by atoms with van der Waals surface area (Å²) in [5.41, 5.74) is 3.83. The molecule has 0 aliphatic rings. The minimum atomic E-state index is 1.25. The van der Waals surface area contributed by atoms with Gasteiger partial charge in [-0.3, -0.25) is 0 Å². The molecule has 11 heavy (non-hydrogen) atoms. The van der Waals surface area contributed by atoms with Crippen molar-refractivity contribution >= 4 is 18.7 Å². The zero-order valence-electron chi connectivity index (χ0n) is 6.83. The average molecular weight is 164 g/mol. The van der Waals surface area contributed by atoms with E-state index >= 15 is 0 Å². The molecule has 1 heteroatoms. The summed E-state index contributed by atoms with van der Waals surface area (Å²) in [6.07, 6.45) is 2.01. The van der Waals surface area contributed by atoms with Crippen LogP contribution in [0, 0.1) is 13.8 Å². The minimum absolute atomic E-state index is 1.25. The van der Waals surface area contributed by atoms with E-state index in [0.29, 0.717) is 0 Å². The van der Waals surface area contributed by atoms with Gasteiger partial charge in [-0.15, -0.1) is 0 Å². The number of benzene rings is 1. The first-order valence-corrected chi connectivity index (χ1v) is 4.13. The lowest BCUT2D eigenvalue weighted by molar-refractivity contribution is 1.38. The highest BCUT2D eigenvalue weighted by molar-refractivity contribution is 7.83. The van der Waals surface area contributed by atoms with Gasteiger partial charge in [-0.05, 0) is 36.5 Å². The highest BCUT2D eigenvalue weighted by Gasteiger charge is 1.92. The second-order valence-corrected chi connectivity index (χ2v) is 2.97. The Hall–Kier alpha value is -0.690. The standard InChI is InChI=1S/C10H12S/c1-8-3-4-9(2)10(7-8)5-6-11/h3-7,11H,1-2H3/b6-5-. The van der Waals surface area contributed by atoms with Crippen molar-refractivity contribution in [3.05, 3.63) is 40.3 Å². The molecule has 0 aromatic heterocycles. The highest BCUT2D eigenvalue weighted by Crippen LogP contribution is 2.12. The Morgan fingerprint density at radius 2 is 2.00 bits per heavy atom. The number of aryl methyl sites for hydroxylation is 2. The Labute approximate surface area is 73.4 Å². The molecule has 0 nitrogen and oxygen atoms in total. The molecule has 0 heterocycles. The second-order valence-electron chi connectivity index (χ2n) is 2.68. The molecule has 1 rings (SSSR count). The fraction of sp³-hybridized carbons (Fsp3) is 0.200. The van der Waals surface area contributed by atoms with E-state index in [-0.39, 0.29) is 0 Å². The molecule has 58 valence electrons. The Kier molecular flexibility index (Phi) is 2.77. The Morgan fingerprint density at radius 1 is 1.27 bits per heavy atom. The van der Waals surface area contributed by atoms with Gasteiger partial charge in [-0.25, -0.2) is 0 Å². The number of rotatable bonds is 1. The monoisotopic (exact) mass is 164 g/mol. The van der Waals surface area contributed by atoms with Gasteiger partial charge < -0.3 is 0 Å². The van der Waals surface area contributed by atoms with Crippen LogP contribution in [-0.4, -0.2) is 0 Å². The molecule has 0 amide bonds. The van der Waals surface area contributed by atoms with E-state index in [4.69, 9.17) is 0 Å². The molecule has 0 atom stereocenters. The smallest absolute Gasteiger partial charge is 0.0220 e. The van der Waals surface area contributed by atoms with Crippen molar-refractivity contribution < 1.29 is 0 Å². The molecule has 1 aromatic carbocycles. The van der Waals surface area contributed by atoms with E-state index in [1.165, 1.54) is 16.7 Å². The van der Waals surface area contributed by atoms with Gasteiger partial charge in [-0.1, -0.05) is 23.8 Å². The Balaban J connectivity index is 3.12. The summed E-state index contributed by atoms with van der Waals surface area (Å²) in [6, 6.07) is 6.39. The van der Waals surface area contributed by atoms with Crippen LogP contribution in [0.15, 0.2) is 23.6 Å². The number of hydrogen-bond acceptors (Lipinski definition) is 1. The first kappa shape index (κ1) is 8.41. The molecule has 0 N–H and O–H groups in total. The topological polar surface area (TPSA) is 0 Å². The van der Waals surface area contributed by atoms with E-state index in [9.17, 15) is 0 Å². The van der Waals surface area contributed by atoms with Gasteiger partial charge in [0.2, 0.25) is 0 Å². The van der Waals surface area contributed by atoms with Crippen LogP contribution in [0.2, 0.25) is 0 Å². The molecular weight excluding hydrogens is 152 g/mol. The van der Waals surface area contributed by atoms with Gasteiger partial charge in [0, 0.05) is 0 Å². The molecule has 0 bridgehead atoms. The van der Waals surface area contributed by atoms with Crippen LogP contribution in [0.3, 0.4) is 0 Å². The minimum Gasteiger partial charge on any atom is -0.151 e. The summed E-state index contributed by atoms with van der Waals surface area (Å²) in [4.78, 5) is 0. The fourth-order valence-electron chi connectivity index (χ4n) is 1.02. The van der Waals surface area contributed by atoms with Gasteiger partial charge in [-0.2, -0.15) is 12.6 Å². The molecule has 0 radical (unpaired) electrons. The second kappa shape index (κ2) is 3.63. The van der Waals surface area contributed by atoms with E-state index < -0.39 is 0 Å². The quantitative estimate of drug-likeness (QED) is 0.605. The summed E-state index contributed by atoms with van der Waals surface area (Å²) < 4.78 is 0. The first-order chi connectivity index (χ1) is 5.24. The van der Waals surface area contributed by atoms with Crippen molar-refractivity contribution in [3.63, 3.8) is 0 Å². The normalized spacial score (nSPS) is 10.8. The van der Waals surface area contributed by atoms with Gasteiger partial charge >= 0.3 is 0 Å². The van der Waals surface area contributed by atoms with Crippen molar-refractivity contribution in [2.45, 2.75) is 13.8 Å². The SMILES string of the molecule is Cc1ccc(C)c(/C=C\S)c1. The maximum absolute atomic E-state index is 4.03. The summed E-state index contributed by atoms with van der Waals surface area (Å²) in [7, 11) is 0. The Morgan fingerprint density at radius 3 is 2.64 bits per heavy atom. The fourth-order valence-corrected chi connectivity index (χ4v) is 1.18. The zero-order valence-corrected chi connectivity index (χ0v) is 7.73. The van der Waals surface area contributed by atoms with Crippen molar-refractivity contribution in [1.82, 2.24) is 0 Å². The highest BCUT2D eigenvalue weighted by atomic mass is 32.1. The molecule has 0 aliphatic carbocycles. The molecule has 0 fully saturated rings. The van der Waals surface area contributed by atoms with Gasteiger partial charge in [0.25, 0.3) is 0 Å². The Bertz CT molecular complexity index is 274. The van der Waals surface area contributed by atoms with Crippen LogP contribution >= 0.6 is 12.6 Å². The predicted octanol–water partition coefficient (Wildman–Crippen LogP) is 3.20. The van der Waals surface area contributed by atoms with Gasteiger partial charge in [0.1, 0.15) is 0 Å². The van der Waals surface area contributed by atoms with Crippen molar-refractivity contribution in [2.75, 3.05) is 0 Å². The molecular formula is C10H12S. The van der Waals surface area contributed by atoms with Gasteiger partial charge in [0.15, 0.2) is 0 Å². The van der Waals surface area contributed by atoms with E-state index in [2.05, 4.69) is 44.7 Å². The number of hydrogen-bond donors (Lipinski definition) is 1. The third-order valence-corrected chi connectivity index (χ3v) is 1.84. The predicted molar refractivity (Wildman–Crippen MR) is 53.9 cm³/mol. The van der Waals surface area contributed by atoms with Crippen LogP contribution in [0.4, 0.5) is 0 Å². The molecule has 0 saturated heterocycles. The van der Waals surface area contributed by atoms with Crippen molar-refractivity contribution in [2.24, 2.45) is 0 Å². The van der Waals surface area contributed by atoms with Crippen LogP contribution in [0.1, 0.15) is 16.7 Å². The lowest BCUT2D eigenvalue weighted by Crippen LogP contribution is -1.80. The largest absolute Gasteiger partial charge is 0.151 e.